The number of thiophene rings is 1. The largest absolute Gasteiger partial charge is 0.444 e. The zero-order chi connectivity index (χ0) is 16.0. The number of rotatable bonds is 6. The summed E-state index contributed by atoms with van der Waals surface area (Å²) >= 11 is 8.65. The van der Waals surface area contributed by atoms with Crippen LogP contribution >= 0.6 is 43.2 Å². The molecule has 1 aromatic rings. The summed E-state index contributed by atoms with van der Waals surface area (Å²) in [5, 5.41) is 6.25. The molecule has 1 aromatic heterocycles. The third kappa shape index (κ3) is 7.63. The predicted octanol–water partition coefficient (Wildman–Crippen LogP) is 4.67. The van der Waals surface area contributed by atoms with Crippen molar-refractivity contribution < 1.29 is 9.53 Å². The molecule has 21 heavy (non-hydrogen) atoms. The van der Waals surface area contributed by atoms with E-state index in [1.807, 2.05) is 27.7 Å². The van der Waals surface area contributed by atoms with Crippen molar-refractivity contribution in [2.45, 2.75) is 52.3 Å². The maximum atomic E-state index is 11.7. The van der Waals surface area contributed by atoms with Crippen LogP contribution in [0.15, 0.2) is 14.3 Å². The molecule has 0 aliphatic rings. The Morgan fingerprint density at radius 2 is 2.10 bits per heavy atom. The Labute approximate surface area is 147 Å². The first-order valence-corrected chi connectivity index (χ1v) is 9.25. The zero-order valence-electron chi connectivity index (χ0n) is 12.8. The van der Waals surface area contributed by atoms with Crippen LogP contribution in [0.25, 0.3) is 0 Å². The molecule has 0 radical (unpaired) electrons. The van der Waals surface area contributed by atoms with E-state index in [0.29, 0.717) is 6.54 Å². The Kier molecular flexibility index (Phi) is 7.67. The molecule has 120 valence electrons. The third-order valence-electron chi connectivity index (χ3n) is 2.60. The van der Waals surface area contributed by atoms with Gasteiger partial charge in [0.1, 0.15) is 5.60 Å². The summed E-state index contributed by atoms with van der Waals surface area (Å²) in [5.74, 6) is 0. The molecule has 2 N–H and O–H groups in total. The number of carbonyl (C=O) groups excluding carboxylic acids is 1. The number of carbonyl (C=O) groups is 1. The lowest BCUT2D eigenvalue weighted by atomic mass is 10.2. The van der Waals surface area contributed by atoms with Gasteiger partial charge in [-0.25, -0.2) is 4.79 Å². The molecule has 0 spiro atoms. The van der Waals surface area contributed by atoms with E-state index in [1.165, 1.54) is 4.88 Å². The van der Waals surface area contributed by atoms with Crippen LogP contribution in [0.5, 0.6) is 0 Å². The summed E-state index contributed by atoms with van der Waals surface area (Å²) in [6.45, 7) is 9.11. The highest BCUT2D eigenvalue weighted by molar-refractivity contribution is 9.13. The van der Waals surface area contributed by atoms with Crippen LogP contribution in [0.1, 0.15) is 39.0 Å². The van der Waals surface area contributed by atoms with Gasteiger partial charge in [-0.05, 0) is 65.1 Å². The minimum atomic E-state index is -0.467. The Bertz CT molecular complexity index is 453. The summed E-state index contributed by atoms with van der Waals surface area (Å²) in [7, 11) is 0. The smallest absolute Gasteiger partial charge is 0.407 e. The van der Waals surface area contributed by atoms with E-state index in [2.05, 4.69) is 48.6 Å². The highest BCUT2D eigenvalue weighted by Crippen LogP contribution is 2.32. The fourth-order valence-electron chi connectivity index (χ4n) is 1.62. The van der Waals surface area contributed by atoms with E-state index in [-0.39, 0.29) is 12.1 Å². The minimum absolute atomic E-state index is 0.0618. The van der Waals surface area contributed by atoms with Gasteiger partial charge in [-0.2, -0.15) is 0 Å². The molecule has 1 amide bonds. The first-order valence-electron chi connectivity index (χ1n) is 6.85. The predicted molar refractivity (Wildman–Crippen MR) is 94.9 cm³/mol. The first kappa shape index (κ1) is 18.9. The van der Waals surface area contributed by atoms with Gasteiger partial charge >= 0.3 is 6.09 Å². The molecule has 1 rings (SSSR count). The van der Waals surface area contributed by atoms with Crippen molar-refractivity contribution in [1.29, 1.82) is 0 Å². The third-order valence-corrected chi connectivity index (χ3v) is 5.86. The number of nitrogens with one attached hydrogen (secondary N) is 2. The molecule has 0 saturated carbocycles. The highest BCUT2D eigenvalue weighted by atomic mass is 79.9. The molecule has 7 heteroatoms. The molecule has 0 aliphatic carbocycles. The molecule has 1 heterocycles. The molecular formula is C14H22Br2N2O2S. The van der Waals surface area contributed by atoms with Gasteiger partial charge in [0.25, 0.3) is 0 Å². The van der Waals surface area contributed by atoms with Crippen molar-refractivity contribution in [2.75, 3.05) is 6.54 Å². The maximum absolute atomic E-state index is 11.7. The lowest BCUT2D eigenvalue weighted by Crippen LogP contribution is -2.43. The summed E-state index contributed by atoms with van der Waals surface area (Å²) in [5.41, 5.74) is -0.467. The lowest BCUT2D eigenvalue weighted by molar-refractivity contribution is 0.0502. The van der Waals surface area contributed by atoms with Gasteiger partial charge < -0.3 is 15.4 Å². The fraction of sp³-hybridized carbons (Fsp3) is 0.643. The average Bonchev–Trinajstić information content (AvgIpc) is 2.65. The molecular weight excluding hydrogens is 420 g/mol. The topological polar surface area (TPSA) is 50.4 Å². The highest BCUT2D eigenvalue weighted by Gasteiger charge is 2.18. The van der Waals surface area contributed by atoms with E-state index < -0.39 is 5.60 Å². The van der Waals surface area contributed by atoms with E-state index in [4.69, 9.17) is 4.74 Å². The normalized spacial score (nSPS) is 13.0. The lowest BCUT2D eigenvalue weighted by Gasteiger charge is -2.23. The van der Waals surface area contributed by atoms with Crippen LogP contribution in [0.3, 0.4) is 0 Å². The van der Waals surface area contributed by atoms with Gasteiger partial charge in [-0.1, -0.05) is 6.92 Å². The van der Waals surface area contributed by atoms with Gasteiger partial charge in [0.05, 0.1) is 3.79 Å². The van der Waals surface area contributed by atoms with Crippen molar-refractivity contribution in [2.24, 2.45) is 0 Å². The van der Waals surface area contributed by atoms with E-state index in [9.17, 15) is 4.79 Å². The molecule has 1 unspecified atom stereocenters. The van der Waals surface area contributed by atoms with Crippen LogP contribution in [0.4, 0.5) is 4.79 Å². The summed E-state index contributed by atoms with van der Waals surface area (Å²) in [6.07, 6.45) is 0.488. The van der Waals surface area contributed by atoms with Crippen molar-refractivity contribution in [3.63, 3.8) is 0 Å². The Morgan fingerprint density at radius 1 is 1.43 bits per heavy atom. The van der Waals surface area contributed by atoms with Crippen LogP contribution in [0.2, 0.25) is 0 Å². The standard InChI is InChI=1S/C14H22Br2N2O2S/c1-5-9(18-13(19)20-14(2,3)4)7-17-8-10-6-11(15)12(16)21-10/h6,9,17H,5,7-8H2,1-4H3,(H,18,19). The quantitative estimate of drug-likeness (QED) is 0.674. The van der Waals surface area contributed by atoms with Crippen molar-refractivity contribution in [1.82, 2.24) is 10.6 Å². The number of hydrogen-bond acceptors (Lipinski definition) is 4. The van der Waals surface area contributed by atoms with Crippen molar-refractivity contribution >= 4 is 49.3 Å². The first-order chi connectivity index (χ1) is 9.71. The van der Waals surface area contributed by atoms with Crippen molar-refractivity contribution in [3.05, 3.63) is 19.2 Å². The number of alkyl carbamates (subject to hydrolysis) is 1. The average molecular weight is 442 g/mol. The van der Waals surface area contributed by atoms with Crippen molar-refractivity contribution in [3.8, 4) is 0 Å². The van der Waals surface area contributed by atoms with E-state index in [0.717, 1.165) is 21.2 Å². The second-order valence-corrected chi connectivity index (χ2v) is 9.03. The van der Waals surface area contributed by atoms with Crippen LogP contribution in [-0.2, 0) is 11.3 Å². The molecule has 4 nitrogen and oxygen atoms in total. The van der Waals surface area contributed by atoms with Gasteiger partial charge in [-0.15, -0.1) is 11.3 Å². The SMILES string of the molecule is CCC(CNCc1cc(Br)c(Br)s1)NC(=O)OC(C)(C)C. The Hall–Kier alpha value is -0.110. The van der Waals surface area contributed by atoms with Gasteiger partial charge in [0.2, 0.25) is 0 Å². The van der Waals surface area contributed by atoms with Gasteiger partial charge in [0, 0.05) is 28.5 Å². The number of halogens is 2. The molecule has 0 bridgehead atoms. The molecule has 0 saturated heterocycles. The molecule has 0 fully saturated rings. The molecule has 0 aliphatic heterocycles. The summed E-state index contributed by atoms with van der Waals surface area (Å²) in [6, 6.07) is 2.15. The second kappa shape index (κ2) is 8.50. The second-order valence-electron chi connectivity index (χ2n) is 5.72. The van der Waals surface area contributed by atoms with Crippen LogP contribution in [-0.4, -0.2) is 24.3 Å². The zero-order valence-corrected chi connectivity index (χ0v) is 16.7. The Balaban J connectivity index is 2.35. The summed E-state index contributed by atoms with van der Waals surface area (Å²) < 4.78 is 7.43. The van der Waals surface area contributed by atoms with Gasteiger partial charge in [0.15, 0.2) is 0 Å². The minimum Gasteiger partial charge on any atom is -0.444 e. The molecule has 0 aromatic carbocycles. The Morgan fingerprint density at radius 3 is 2.57 bits per heavy atom. The number of hydrogen-bond donors (Lipinski definition) is 2. The van der Waals surface area contributed by atoms with E-state index in [1.54, 1.807) is 11.3 Å². The monoisotopic (exact) mass is 440 g/mol. The van der Waals surface area contributed by atoms with Crippen LogP contribution < -0.4 is 10.6 Å². The van der Waals surface area contributed by atoms with Gasteiger partial charge in [-0.3, -0.25) is 0 Å². The number of amides is 1. The summed E-state index contributed by atoms with van der Waals surface area (Å²) in [4.78, 5) is 13.0. The maximum Gasteiger partial charge on any atom is 0.407 e. The van der Waals surface area contributed by atoms with E-state index >= 15 is 0 Å². The van der Waals surface area contributed by atoms with Crippen LogP contribution in [0, 0.1) is 0 Å². The fourth-order valence-corrected chi connectivity index (χ4v) is 3.77. The molecule has 1 atom stereocenters. The number of ether oxygens (including phenoxy) is 1.